The maximum absolute atomic E-state index is 13.7. The molecule has 2 aliphatic heterocycles. The van der Waals surface area contributed by atoms with E-state index in [9.17, 15) is 23.5 Å². The Morgan fingerprint density at radius 2 is 1.98 bits per heavy atom. The van der Waals surface area contributed by atoms with Crippen LogP contribution in [0.3, 0.4) is 0 Å². The Balaban J connectivity index is 1.08. The number of pyridine rings is 1. The van der Waals surface area contributed by atoms with Crippen molar-refractivity contribution in [3.05, 3.63) is 54.3 Å². The minimum absolute atomic E-state index is 0.00960. The number of anilines is 1. The van der Waals surface area contributed by atoms with E-state index in [2.05, 4.69) is 42.9 Å². The molecule has 0 radical (unpaired) electrons. The molecule has 11 nitrogen and oxygen atoms in total. The van der Waals surface area contributed by atoms with Gasteiger partial charge in [0.2, 0.25) is 5.88 Å². The standard InChI is InChI=1S/C32H38F3N9O2/c1-3-26-29(38-20-39-30(26)37-2)22-14-40-44(16-22)31(9-10-36)18-43(19-31)23-4-6-25(7-5-23)46-28-13-21(12-27(41-28)32(33,34)35)15-42-11-8-24(45)17-42/h3,12-14,16,20,23-25,45H,1,4-9,11,15,17-19H2,2H3,(H,37,38,39)/t23-,24-,25+/m1/s1. The van der Waals surface area contributed by atoms with Gasteiger partial charge in [-0.05, 0) is 43.7 Å². The number of rotatable bonds is 10. The zero-order chi connectivity index (χ0) is 32.5. The van der Waals surface area contributed by atoms with Gasteiger partial charge in [-0.2, -0.15) is 23.5 Å². The van der Waals surface area contributed by atoms with Crippen molar-refractivity contribution in [1.82, 2.24) is 34.5 Å². The molecule has 6 rings (SSSR count). The van der Waals surface area contributed by atoms with Crippen molar-refractivity contribution in [2.45, 2.75) is 75.0 Å². The highest BCUT2D eigenvalue weighted by atomic mass is 19.4. The van der Waals surface area contributed by atoms with Gasteiger partial charge in [-0.1, -0.05) is 12.7 Å². The van der Waals surface area contributed by atoms with E-state index in [1.165, 1.54) is 6.33 Å². The van der Waals surface area contributed by atoms with Gasteiger partial charge >= 0.3 is 6.18 Å². The summed E-state index contributed by atoms with van der Waals surface area (Å²) >= 11 is 0. The van der Waals surface area contributed by atoms with Crippen LogP contribution >= 0.6 is 0 Å². The van der Waals surface area contributed by atoms with E-state index in [0.717, 1.165) is 30.0 Å². The molecule has 3 aromatic heterocycles. The third kappa shape index (κ3) is 6.58. The second kappa shape index (κ2) is 13.0. The van der Waals surface area contributed by atoms with Crippen LogP contribution in [-0.4, -0.2) is 91.1 Å². The molecule has 0 bridgehead atoms. The van der Waals surface area contributed by atoms with Crippen LogP contribution in [0.5, 0.6) is 5.88 Å². The first-order valence-corrected chi connectivity index (χ1v) is 15.6. The summed E-state index contributed by atoms with van der Waals surface area (Å²) in [6.07, 6.45) is 5.55. The van der Waals surface area contributed by atoms with E-state index in [1.807, 2.05) is 15.8 Å². The number of β-amino-alcohol motifs (C(OH)–C–C–N with tert-alkyl or cyclic N) is 1. The van der Waals surface area contributed by atoms with Gasteiger partial charge < -0.3 is 15.2 Å². The number of nitrogens with one attached hydrogen (secondary N) is 1. The highest BCUT2D eigenvalue weighted by Gasteiger charge is 2.48. The van der Waals surface area contributed by atoms with Crippen LogP contribution in [0.25, 0.3) is 17.3 Å². The summed E-state index contributed by atoms with van der Waals surface area (Å²) in [6, 6.07) is 5.28. The van der Waals surface area contributed by atoms with Gasteiger partial charge in [0.1, 0.15) is 29.5 Å². The number of aliphatic hydroxyl groups is 1. The predicted molar refractivity (Wildman–Crippen MR) is 164 cm³/mol. The van der Waals surface area contributed by atoms with Gasteiger partial charge in [0.05, 0.1) is 30.5 Å². The second-order valence-electron chi connectivity index (χ2n) is 12.5. The molecule has 2 saturated heterocycles. The highest BCUT2D eigenvalue weighted by Crippen LogP contribution is 2.39. The van der Waals surface area contributed by atoms with Gasteiger partial charge in [-0.3, -0.25) is 14.5 Å². The quantitative estimate of drug-likeness (QED) is 0.332. The Morgan fingerprint density at radius 1 is 1.20 bits per heavy atom. The lowest BCUT2D eigenvalue weighted by atomic mass is 9.82. The molecule has 0 aromatic carbocycles. The molecule has 1 saturated carbocycles. The molecular weight excluding hydrogens is 599 g/mol. The third-order valence-electron chi connectivity index (χ3n) is 9.32. The van der Waals surface area contributed by atoms with E-state index in [0.29, 0.717) is 75.5 Å². The molecule has 1 atom stereocenters. The summed E-state index contributed by atoms with van der Waals surface area (Å²) in [7, 11) is 1.79. The van der Waals surface area contributed by atoms with E-state index >= 15 is 0 Å². The fourth-order valence-corrected chi connectivity index (χ4v) is 6.94. The van der Waals surface area contributed by atoms with Crippen LogP contribution in [0.4, 0.5) is 19.0 Å². The smallest absolute Gasteiger partial charge is 0.433 e. The van der Waals surface area contributed by atoms with E-state index in [-0.39, 0.29) is 18.0 Å². The number of nitrogens with zero attached hydrogens (tertiary/aromatic N) is 8. The first-order valence-electron chi connectivity index (χ1n) is 15.6. The van der Waals surface area contributed by atoms with Crippen LogP contribution < -0.4 is 10.1 Å². The number of likely N-dealkylation sites (tertiary alicyclic amines) is 2. The molecule has 0 spiro atoms. The molecule has 0 unspecified atom stereocenters. The largest absolute Gasteiger partial charge is 0.474 e. The van der Waals surface area contributed by atoms with Gasteiger partial charge in [-0.25, -0.2) is 15.0 Å². The predicted octanol–water partition coefficient (Wildman–Crippen LogP) is 4.32. The molecule has 3 aliphatic rings. The van der Waals surface area contributed by atoms with Crippen molar-refractivity contribution < 1.29 is 23.0 Å². The lowest BCUT2D eigenvalue weighted by molar-refractivity contribution is -0.141. The Morgan fingerprint density at radius 3 is 2.63 bits per heavy atom. The third-order valence-corrected chi connectivity index (χ3v) is 9.32. The molecule has 1 aliphatic carbocycles. The number of alkyl halides is 3. The zero-order valence-corrected chi connectivity index (χ0v) is 25.7. The summed E-state index contributed by atoms with van der Waals surface area (Å²) in [5.74, 6) is 0.658. The van der Waals surface area contributed by atoms with Crippen molar-refractivity contribution in [3.63, 3.8) is 0 Å². The average Bonchev–Trinajstić information content (AvgIpc) is 3.67. The van der Waals surface area contributed by atoms with Crippen LogP contribution in [0.1, 0.15) is 55.3 Å². The topological polar surface area (TPSA) is 128 Å². The molecule has 14 heteroatoms. The first kappa shape index (κ1) is 31.9. The van der Waals surface area contributed by atoms with Crippen LogP contribution in [0.2, 0.25) is 0 Å². The lowest BCUT2D eigenvalue weighted by Gasteiger charge is -2.53. The number of aliphatic hydroxyl groups excluding tert-OH is 1. The summed E-state index contributed by atoms with van der Waals surface area (Å²) in [4.78, 5) is 16.8. The van der Waals surface area contributed by atoms with E-state index in [1.54, 1.807) is 25.4 Å². The van der Waals surface area contributed by atoms with Gasteiger partial charge in [0, 0.05) is 69.2 Å². The lowest BCUT2D eigenvalue weighted by Crippen LogP contribution is -2.65. The maximum Gasteiger partial charge on any atom is 0.433 e. The Hall–Kier alpha value is -4.06. The maximum atomic E-state index is 13.7. The number of nitriles is 1. The van der Waals surface area contributed by atoms with Crippen molar-refractivity contribution >= 4 is 11.9 Å². The monoisotopic (exact) mass is 637 g/mol. The van der Waals surface area contributed by atoms with Gasteiger partial charge in [0.25, 0.3) is 0 Å². The van der Waals surface area contributed by atoms with E-state index < -0.39 is 23.5 Å². The minimum atomic E-state index is -4.59. The van der Waals surface area contributed by atoms with Crippen molar-refractivity contribution in [3.8, 4) is 23.2 Å². The number of hydrogen-bond donors (Lipinski definition) is 2. The molecule has 0 amide bonds. The molecule has 5 heterocycles. The van der Waals surface area contributed by atoms with Crippen LogP contribution in [0, 0.1) is 11.3 Å². The minimum Gasteiger partial charge on any atom is -0.474 e. The summed E-state index contributed by atoms with van der Waals surface area (Å²) < 4.78 is 48.9. The van der Waals surface area contributed by atoms with Gasteiger partial charge in [0.15, 0.2) is 0 Å². The summed E-state index contributed by atoms with van der Waals surface area (Å²) in [6.45, 7) is 6.61. The highest BCUT2D eigenvalue weighted by molar-refractivity contribution is 5.77. The van der Waals surface area contributed by atoms with Crippen molar-refractivity contribution in [2.75, 3.05) is 38.5 Å². The molecule has 2 N–H and O–H groups in total. The van der Waals surface area contributed by atoms with Crippen LogP contribution in [-0.2, 0) is 18.3 Å². The average molecular weight is 638 g/mol. The van der Waals surface area contributed by atoms with Gasteiger partial charge in [-0.15, -0.1) is 0 Å². The fraction of sp³-hybridized carbons (Fsp3) is 0.531. The van der Waals surface area contributed by atoms with E-state index in [4.69, 9.17) is 4.74 Å². The molecule has 244 valence electrons. The Bertz CT molecular complexity index is 1590. The van der Waals surface area contributed by atoms with Crippen LogP contribution in [0.15, 0.2) is 37.4 Å². The fourth-order valence-electron chi connectivity index (χ4n) is 6.94. The first-order chi connectivity index (χ1) is 22.1. The number of hydrogen-bond acceptors (Lipinski definition) is 10. The zero-order valence-electron chi connectivity index (χ0n) is 25.7. The molecule has 3 aromatic rings. The Labute approximate surface area is 265 Å². The molecular formula is C32H38F3N9O2. The number of aromatic nitrogens is 5. The summed E-state index contributed by atoms with van der Waals surface area (Å²) in [5, 5.41) is 27.2. The SMILES string of the molecule is C=Cc1c(NC)ncnc1-c1cnn(C2(CC#N)CN([C@H]3CC[C@@H](Oc4cc(CN5CC[C@@H](O)C5)cc(C(F)(F)F)n4)CC3)C2)c1. The normalized spacial score (nSPS) is 23.4. The van der Waals surface area contributed by atoms with Crippen molar-refractivity contribution in [2.24, 2.45) is 0 Å². The Kier molecular flexibility index (Phi) is 9.00. The molecule has 3 fully saturated rings. The van der Waals surface area contributed by atoms with Crippen molar-refractivity contribution in [1.29, 1.82) is 5.26 Å². The number of halogens is 3. The summed E-state index contributed by atoms with van der Waals surface area (Å²) in [5.41, 5.74) is 1.34. The number of ether oxygens (including phenoxy) is 1. The molecule has 46 heavy (non-hydrogen) atoms. The second-order valence-corrected chi connectivity index (χ2v) is 12.5.